The van der Waals surface area contributed by atoms with Gasteiger partial charge in [-0.1, -0.05) is 25.8 Å². The Labute approximate surface area is 161 Å². The van der Waals surface area contributed by atoms with E-state index in [9.17, 15) is 4.79 Å². The second-order valence-corrected chi connectivity index (χ2v) is 7.94. The van der Waals surface area contributed by atoms with E-state index in [0.717, 1.165) is 18.6 Å². The standard InChI is InChI=1S/C22H29N3O2/c1-4-5-12-22(2,3)25-19-10-6-15-13-17(8-9-18(15)19)27-20-11-7-16(14-24-20)21(23)26/h7-9,11,13-14,19,25H,4-6,10,12H2,1-3H3,(H2,23,26). The van der Waals surface area contributed by atoms with Crippen molar-refractivity contribution in [3.63, 3.8) is 0 Å². The molecule has 144 valence electrons. The van der Waals surface area contributed by atoms with E-state index in [4.69, 9.17) is 10.5 Å². The monoisotopic (exact) mass is 367 g/mol. The maximum atomic E-state index is 11.1. The summed E-state index contributed by atoms with van der Waals surface area (Å²) < 4.78 is 5.84. The van der Waals surface area contributed by atoms with Crippen molar-refractivity contribution < 1.29 is 9.53 Å². The van der Waals surface area contributed by atoms with Crippen molar-refractivity contribution in [2.75, 3.05) is 0 Å². The number of ether oxygens (including phenoxy) is 1. The van der Waals surface area contributed by atoms with E-state index in [1.165, 1.54) is 36.6 Å². The molecule has 0 saturated heterocycles. The summed E-state index contributed by atoms with van der Waals surface area (Å²) in [7, 11) is 0. The Morgan fingerprint density at radius 1 is 1.33 bits per heavy atom. The fourth-order valence-electron chi connectivity index (χ4n) is 3.68. The molecule has 1 atom stereocenters. The molecule has 1 aliphatic rings. The van der Waals surface area contributed by atoms with Crippen molar-refractivity contribution in [3.05, 3.63) is 53.2 Å². The quantitative estimate of drug-likeness (QED) is 0.719. The molecule has 3 N–H and O–H groups in total. The number of unbranched alkanes of at least 4 members (excludes halogenated alkanes) is 1. The summed E-state index contributed by atoms with van der Waals surface area (Å²) in [5, 5.41) is 3.84. The maximum absolute atomic E-state index is 11.1. The van der Waals surface area contributed by atoms with Crippen LogP contribution in [0, 0.1) is 0 Å². The lowest BCUT2D eigenvalue weighted by Gasteiger charge is -2.30. The Bertz CT molecular complexity index is 800. The van der Waals surface area contributed by atoms with Gasteiger partial charge in [-0.2, -0.15) is 0 Å². The summed E-state index contributed by atoms with van der Waals surface area (Å²) in [4.78, 5) is 15.3. The van der Waals surface area contributed by atoms with Crippen molar-refractivity contribution >= 4 is 5.91 Å². The molecule has 2 aromatic rings. The number of fused-ring (bicyclic) bond motifs is 1. The van der Waals surface area contributed by atoms with Gasteiger partial charge in [0.1, 0.15) is 5.75 Å². The van der Waals surface area contributed by atoms with E-state index in [-0.39, 0.29) is 5.54 Å². The van der Waals surface area contributed by atoms with Crippen LogP contribution in [0.1, 0.15) is 74.0 Å². The number of hydrogen-bond acceptors (Lipinski definition) is 4. The molecular formula is C22H29N3O2. The molecule has 0 aliphatic heterocycles. The van der Waals surface area contributed by atoms with Gasteiger partial charge in [0, 0.05) is 23.8 Å². The molecule has 3 rings (SSSR count). The summed E-state index contributed by atoms with van der Waals surface area (Å²) in [6.45, 7) is 6.82. The van der Waals surface area contributed by atoms with Crippen molar-refractivity contribution in [3.8, 4) is 11.6 Å². The highest BCUT2D eigenvalue weighted by molar-refractivity contribution is 5.92. The topological polar surface area (TPSA) is 77.2 Å². The van der Waals surface area contributed by atoms with Gasteiger partial charge in [0.05, 0.1) is 5.56 Å². The Morgan fingerprint density at radius 2 is 2.15 bits per heavy atom. The lowest BCUT2D eigenvalue weighted by Crippen LogP contribution is -2.41. The lowest BCUT2D eigenvalue weighted by atomic mass is 9.95. The number of carbonyl (C=O) groups excluding carboxylic acids is 1. The van der Waals surface area contributed by atoms with Gasteiger partial charge < -0.3 is 15.8 Å². The minimum atomic E-state index is -0.494. The number of nitrogens with one attached hydrogen (secondary N) is 1. The Morgan fingerprint density at radius 3 is 2.81 bits per heavy atom. The van der Waals surface area contributed by atoms with E-state index in [1.54, 1.807) is 12.1 Å². The van der Waals surface area contributed by atoms with Gasteiger partial charge in [-0.3, -0.25) is 4.79 Å². The molecule has 1 aliphatic carbocycles. The molecule has 0 radical (unpaired) electrons. The third-order valence-corrected chi connectivity index (χ3v) is 5.16. The number of aryl methyl sites for hydroxylation is 1. The zero-order chi connectivity index (χ0) is 19.4. The highest BCUT2D eigenvalue weighted by Crippen LogP contribution is 2.36. The molecule has 1 aromatic carbocycles. The first kappa shape index (κ1) is 19.4. The first-order chi connectivity index (χ1) is 12.9. The van der Waals surface area contributed by atoms with Crippen LogP contribution in [0.4, 0.5) is 0 Å². The molecule has 0 spiro atoms. The molecule has 5 nitrogen and oxygen atoms in total. The molecule has 5 heteroatoms. The number of rotatable bonds is 8. The van der Waals surface area contributed by atoms with Crippen molar-refractivity contribution in [1.82, 2.24) is 10.3 Å². The van der Waals surface area contributed by atoms with E-state index in [1.807, 2.05) is 6.07 Å². The molecule has 1 heterocycles. The van der Waals surface area contributed by atoms with Crippen LogP contribution in [-0.4, -0.2) is 16.4 Å². The van der Waals surface area contributed by atoms with E-state index >= 15 is 0 Å². The number of aromatic nitrogens is 1. The van der Waals surface area contributed by atoms with Gasteiger partial charge >= 0.3 is 0 Å². The molecule has 0 fully saturated rings. The van der Waals surface area contributed by atoms with Crippen LogP contribution in [0.3, 0.4) is 0 Å². The molecule has 27 heavy (non-hydrogen) atoms. The van der Waals surface area contributed by atoms with Gasteiger partial charge in [0.25, 0.3) is 0 Å². The van der Waals surface area contributed by atoms with Gasteiger partial charge in [0.15, 0.2) is 0 Å². The van der Waals surface area contributed by atoms with E-state index in [2.05, 4.69) is 43.2 Å². The predicted molar refractivity (Wildman–Crippen MR) is 107 cm³/mol. The van der Waals surface area contributed by atoms with Crippen LogP contribution in [0.5, 0.6) is 11.6 Å². The van der Waals surface area contributed by atoms with Gasteiger partial charge in [0.2, 0.25) is 11.8 Å². The van der Waals surface area contributed by atoms with Gasteiger partial charge in [-0.25, -0.2) is 4.98 Å². The highest BCUT2D eigenvalue weighted by atomic mass is 16.5. The number of primary amides is 1. The first-order valence-corrected chi connectivity index (χ1v) is 9.72. The highest BCUT2D eigenvalue weighted by Gasteiger charge is 2.28. The molecule has 1 aromatic heterocycles. The minimum Gasteiger partial charge on any atom is -0.439 e. The van der Waals surface area contributed by atoms with Crippen LogP contribution in [0.15, 0.2) is 36.5 Å². The average Bonchev–Trinajstić information content (AvgIpc) is 3.02. The lowest BCUT2D eigenvalue weighted by molar-refractivity contribution is 0.1000. The number of benzene rings is 1. The molecule has 1 unspecified atom stereocenters. The van der Waals surface area contributed by atoms with Crippen LogP contribution in [0.2, 0.25) is 0 Å². The third kappa shape index (κ3) is 4.86. The van der Waals surface area contributed by atoms with Gasteiger partial charge in [-0.15, -0.1) is 0 Å². The zero-order valence-corrected chi connectivity index (χ0v) is 16.4. The second kappa shape index (κ2) is 8.09. The summed E-state index contributed by atoms with van der Waals surface area (Å²) in [5.41, 5.74) is 8.44. The number of hydrogen-bond donors (Lipinski definition) is 2. The van der Waals surface area contributed by atoms with Crippen LogP contribution in [0.25, 0.3) is 0 Å². The second-order valence-electron chi connectivity index (χ2n) is 7.94. The number of pyridine rings is 1. The predicted octanol–water partition coefficient (Wildman–Crippen LogP) is 4.52. The summed E-state index contributed by atoms with van der Waals surface area (Å²) in [6, 6.07) is 9.92. The Kier molecular flexibility index (Phi) is 5.80. The number of nitrogens with zero attached hydrogens (tertiary/aromatic N) is 1. The maximum Gasteiger partial charge on any atom is 0.250 e. The summed E-state index contributed by atoms with van der Waals surface area (Å²) in [6.07, 6.45) is 7.24. The van der Waals surface area contributed by atoms with E-state index < -0.39 is 5.91 Å². The Hall–Kier alpha value is -2.40. The summed E-state index contributed by atoms with van der Waals surface area (Å²) in [5.74, 6) is 0.722. The third-order valence-electron chi connectivity index (χ3n) is 5.16. The van der Waals surface area contributed by atoms with Crippen LogP contribution in [-0.2, 0) is 6.42 Å². The zero-order valence-electron chi connectivity index (χ0n) is 16.4. The average molecular weight is 367 g/mol. The van der Waals surface area contributed by atoms with Crippen LogP contribution >= 0.6 is 0 Å². The molecule has 0 bridgehead atoms. The molecular weight excluding hydrogens is 338 g/mol. The largest absolute Gasteiger partial charge is 0.439 e. The molecule has 0 saturated carbocycles. The van der Waals surface area contributed by atoms with E-state index in [0.29, 0.717) is 17.5 Å². The van der Waals surface area contributed by atoms with Crippen LogP contribution < -0.4 is 15.8 Å². The normalized spacial score (nSPS) is 16.2. The fourth-order valence-corrected chi connectivity index (χ4v) is 3.68. The molecule has 1 amide bonds. The van der Waals surface area contributed by atoms with Crippen molar-refractivity contribution in [1.29, 1.82) is 0 Å². The first-order valence-electron chi connectivity index (χ1n) is 9.72. The Balaban J connectivity index is 1.68. The van der Waals surface area contributed by atoms with Gasteiger partial charge in [-0.05, 0) is 62.4 Å². The number of carbonyl (C=O) groups is 1. The minimum absolute atomic E-state index is 0.142. The number of nitrogens with two attached hydrogens (primary N) is 1. The van der Waals surface area contributed by atoms with Crippen molar-refractivity contribution in [2.24, 2.45) is 5.73 Å². The fraction of sp³-hybridized carbons (Fsp3) is 0.455. The smallest absolute Gasteiger partial charge is 0.250 e. The van der Waals surface area contributed by atoms with Crippen molar-refractivity contribution in [2.45, 2.75) is 64.5 Å². The summed E-state index contributed by atoms with van der Waals surface area (Å²) >= 11 is 0. The number of amides is 1. The SMILES string of the molecule is CCCCC(C)(C)NC1CCc2cc(Oc3ccc(C(N)=O)cn3)ccc21.